The van der Waals surface area contributed by atoms with E-state index in [1.165, 1.54) is 31.0 Å². The van der Waals surface area contributed by atoms with Crippen molar-refractivity contribution in [1.29, 1.82) is 0 Å². The number of H-pyrrole nitrogens is 1. The lowest BCUT2D eigenvalue weighted by Gasteiger charge is -2.31. The molecular formula is C19H23N5O2S. The Bertz CT molecular complexity index is 967. The summed E-state index contributed by atoms with van der Waals surface area (Å²) in [6.45, 7) is 0. The summed E-state index contributed by atoms with van der Waals surface area (Å²) in [5.41, 5.74) is 2.31. The Morgan fingerprint density at radius 2 is 2.11 bits per heavy atom. The van der Waals surface area contributed by atoms with E-state index in [2.05, 4.69) is 20.2 Å². The van der Waals surface area contributed by atoms with E-state index >= 15 is 0 Å². The second kappa shape index (κ2) is 7.72. The van der Waals surface area contributed by atoms with Gasteiger partial charge in [0.25, 0.3) is 0 Å². The fourth-order valence-electron chi connectivity index (χ4n) is 3.62. The van der Waals surface area contributed by atoms with Crippen LogP contribution < -0.4 is 4.74 Å². The van der Waals surface area contributed by atoms with Gasteiger partial charge in [-0.15, -0.1) is 10.2 Å². The predicted molar refractivity (Wildman–Crippen MR) is 106 cm³/mol. The maximum Gasteiger partial charge on any atom is 0.233 e. The predicted octanol–water partition coefficient (Wildman–Crippen LogP) is 3.40. The first kappa shape index (κ1) is 18.0. The molecule has 1 aromatic carbocycles. The molecule has 7 nitrogen and oxygen atoms in total. The second-order valence-electron chi connectivity index (χ2n) is 6.91. The van der Waals surface area contributed by atoms with Crippen LogP contribution in [0.4, 0.5) is 0 Å². The van der Waals surface area contributed by atoms with Crippen LogP contribution in [-0.4, -0.2) is 56.9 Å². The molecule has 2 heterocycles. The van der Waals surface area contributed by atoms with E-state index in [0.29, 0.717) is 28.1 Å². The van der Waals surface area contributed by atoms with Crippen LogP contribution in [0.3, 0.4) is 0 Å². The minimum absolute atomic E-state index is 0.122. The molecule has 0 bridgehead atoms. The Balaban J connectivity index is 1.47. The standard InChI is InChI=1S/C19H23N5O2S/c1-24(12-6-4-3-5-7-12)16(25)11-27-19-21-18-17(22-23-19)14-10-13(26-2)8-9-15(14)20-18/h8-10,12H,3-7,11H2,1-2H3,(H,20,21,23). The number of hydrogen-bond acceptors (Lipinski definition) is 6. The van der Waals surface area contributed by atoms with Gasteiger partial charge in [-0.25, -0.2) is 4.98 Å². The van der Waals surface area contributed by atoms with Crippen molar-refractivity contribution in [2.24, 2.45) is 0 Å². The van der Waals surface area contributed by atoms with Crippen LogP contribution in [0.2, 0.25) is 0 Å². The molecule has 1 fully saturated rings. The fourth-order valence-corrected chi connectivity index (χ4v) is 4.33. The van der Waals surface area contributed by atoms with Crippen LogP contribution in [0.5, 0.6) is 5.75 Å². The van der Waals surface area contributed by atoms with E-state index in [4.69, 9.17) is 4.74 Å². The minimum Gasteiger partial charge on any atom is -0.497 e. The first-order chi connectivity index (χ1) is 13.2. The zero-order valence-electron chi connectivity index (χ0n) is 15.6. The van der Waals surface area contributed by atoms with Crippen molar-refractivity contribution in [3.63, 3.8) is 0 Å². The summed E-state index contributed by atoms with van der Waals surface area (Å²) in [7, 11) is 3.54. The lowest BCUT2D eigenvalue weighted by Crippen LogP contribution is -2.39. The Labute approximate surface area is 161 Å². The highest BCUT2D eigenvalue weighted by molar-refractivity contribution is 7.99. The molecular weight excluding hydrogens is 362 g/mol. The molecule has 8 heteroatoms. The van der Waals surface area contributed by atoms with E-state index in [1.807, 2.05) is 30.1 Å². The number of nitrogens with zero attached hydrogens (tertiary/aromatic N) is 4. The molecule has 2 aromatic heterocycles. The molecule has 0 atom stereocenters. The summed E-state index contributed by atoms with van der Waals surface area (Å²) in [6, 6.07) is 6.12. The van der Waals surface area contributed by atoms with Crippen LogP contribution in [0, 0.1) is 0 Å². The highest BCUT2D eigenvalue weighted by atomic mass is 32.2. The van der Waals surface area contributed by atoms with Crippen LogP contribution in [0.25, 0.3) is 22.1 Å². The third-order valence-corrected chi connectivity index (χ3v) is 6.07. The van der Waals surface area contributed by atoms with E-state index < -0.39 is 0 Å². The molecule has 4 rings (SSSR count). The van der Waals surface area contributed by atoms with Gasteiger partial charge in [0.2, 0.25) is 11.1 Å². The number of carbonyl (C=O) groups is 1. The number of thioether (sulfide) groups is 1. The Kier molecular flexibility index (Phi) is 5.15. The number of aromatic amines is 1. The highest BCUT2D eigenvalue weighted by Gasteiger charge is 2.22. The SMILES string of the molecule is COc1ccc2[nH]c3nc(SCC(=O)N(C)C4CCCCC4)nnc3c2c1. The maximum atomic E-state index is 12.5. The van der Waals surface area contributed by atoms with Gasteiger partial charge in [-0.05, 0) is 31.0 Å². The number of carbonyl (C=O) groups excluding carboxylic acids is 1. The molecule has 0 aliphatic heterocycles. The van der Waals surface area contributed by atoms with Gasteiger partial charge in [0.15, 0.2) is 5.65 Å². The van der Waals surface area contributed by atoms with Crippen molar-refractivity contribution in [1.82, 2.24) is 25.1 Å². The number of aromatic nitrogens is 4. The molecule has 0 spiro atoms. The number of nitrogens with one attached hydrogen (secondary N) is 1. The van der Waals surface area contributed by atoms with Crippen LogP contribution in [-0.2, 0) is 4.79 Å². The zero-order valence-corrected chi connectivity index (χ0v) is 16.4. The largest absolute Gasteiger partial charge is 0.497 e. The average molecular weight is 385 g/mol. The summed E-state index contributed by atoms with van der Waals surface area (Å²) in [6.07, 6.45) is 5.92. The molecule has 27 heavy (non-hydrogen) atoms. The Hall–Kier alpha value is -2.35. The van der Waals surface area contributed by atoms with Gasteiger partial charge in [-0.3, -0.25) is 4.79 Å². The van der Waals surface area contributed by atoms with E-state index in [9.17, 15) is 4.79 Å². The van der Waals surface area contributed by atoms with Crippen molar-refractivity contribution < 1.29 is 9.53 Å². The smallest absolute Gasteiger partial charge is 0.233 e. The monoisotopic (exact) mass is 385 g/mol. The van der Waals surface area contributed by atoms with Crippen LogP contribution in [0.15, 0.2) is 23.4 Å². The van der Waals surface area contributed by atoms with Crippen LogP contribution in [0.1, 0.15) is 32.1 Å². The van der Waals surface area contributed by atoms with Gasteiger partial charge in [0, 0.05) is 24.0 Å². The van der Waals surface area contributed by atoms with Crippen molar-refractivity contribution in [3.05, 3.63) is 18.2 Å². The van der Waals surface area contributed by atoms with Gasteiger partial charge in [-0.2, -0.15) is 0 Å². The Morgan fingerprint density at radius 1 is 1.30 bits per heavy atom. The fraction of sp³-hybridized carbons (Fsp3) is 0.474. The topological polar surface area (TPSA) is 84.0 Å². The maximum absolute atomic E-state index is 12.5. The number of methoxy groups -OCH3 is 1. The van der Waals surface area contributed by atoms with Gasteiger partial charge in [0.05, 0.1) is 12.9 Å². The van der Waals surface area contributed by atoms with Gasteiger partial charge in [-0.1, -0.05) is 31.0 Å². The lowest BCUT2D eigenvalue weighted by molar-refractivity contribution is -0.129. The summed E-state index contributed by atoms with van der Waals surface area (Å²) in [4.78, 5) is 22.2. The highest BCUT2D eigenvalue weighted by Crippen LogP contribution is 2.27. The van der Waals surface area contributed by atoms with E-state index in [0.717, 1.165) is 29.5 Å². The second-order valence-corrected chi connectivity index (χ2v) is 7.86. The van der Waals surface area contributed by atoms with Crippen molar-refractivity contribution in [2.75, 3.05) is 19.9 Å². The zero-order chi connectivity index (χ0) is 18.8. The lowest BCUT2D eigenvalue weighted by atomic mass is 9.94. The van der Waals surface area contributed by atoms with Crippen molar-refractivity contribution in [3.8, 4) is 5.75 Å². The minimum atomic E-state index is 0.122. The van der Waals surface area contributed by atoms with Gasteiger partial charge in [0.1, 0.15) is 11.3 Å². The molecule has 1 saturated carbocycles. The average Bonchev–Trinajstić information content (AvgIpc) is 3.08. The molecule has 1 amide bonds. The van der Waals surface area contributed by atoms with Gasteiger partial charge >= 0.3 is 0 Å². The molecule has 0 unspecified atom stereocenters. The third-order valence-electron chi connectivity index (χ3n) is 5.24. The van der Waals surface area contributed by atoms with Crippen molar-refractivity contribution in [2.45, 2.75) is 43.3 Å². The molecule has 0 saturated heterocycles. The quantitative estimate of drug-likeness (QED) is 0.678. The molecule has 0 radical (unpaired) electrons. The summed E-state index contributed by atoms with van der Waals surface area (Å²) < 4.78 is 5.27. The normalized spacial score (nSPS) is 15.3. The Morgan fingerprint density at radius 3 is 2.89 bits per heavy atom. The van der Waals surface area contributed by atoms with Crippen molar-refractivity contribution >= 4 is 39.7 Å². The number of hydrogen-bond donors (Lipinski definition) is 1. The number of amides is 1. The number of rotatable bonds is 5. The summed E-state index contributed by atoms with van der Waals surface area (Å²) >= 11 is 1.33. The van der Waals surface area contributed by atoms with E-state index in [1.54, 1.807) is 7.11 Å². The molecule has 142 valence electrons. The summed E-state index contributed by atoms with van der Waals surface area (Å²) in [5.74, 6) is 1.21. The molecule has 1 aliphatic carbocycles. The first-order valence-electron chi connectivity index (χ1n) is 9.24. The number of ether oxygens (including phenoxy) is 1. The molecule has 1 N–H and O–H groups in total. The molecule has 1 aliphatic rings. The van der Waals surface area contributed by atoms with Gasteiger partial charge < -0.3 is 14.6 Å². The number of fused-ring (bicyclic) bond motifs is 3. The molecule has 3 aromatic rings. The first-order valence-corrected chi connectivity index (χ1v) is 10.2. The number of benzene rings is 1. The third kappa shape index (κ3) is 3.71. The van der Waals surface area contributed by atoms with E-state index in [-0.39, 0.29) is 5.91 Å². The summed E-state index contributed by atoms with van der Waals surface area (Å²) in [5, 5.41) is 9.94. The van der Waals surface area contributed by atoms with Crippen LogP contribution >= 0.6 is 11.8 Å².